The van der Waals surface area contributed by atoms with Crippen molar-refractivity contribution in [3.63, 3.8) is 0 Å². The molecule has 0 unspecified atom stereocenters. The van der Waals surface area contributed by atoms with Gasteiger partial charge in [0.1, 0.15) is 5.75 Å². The van der Waals surface area contributed by atoms with Crippen molar-refractivity contribution in [2.75, 3.05) is 12.4 Å². The second kappa shape index (κ2) is 14.1. The highest BCUT2D eigenvalue weighted by Crippen LogP contribution is 2.20. The van der Waals surface area contributed by atoms with E-state index in [-0.39, 0.29) is 5.91 Å². The summed E-state index contributed by atoms with van der Waals surface area (Å²) < 4.78 is 5.77. The lowest BCUT2D eigenvalue weighted by Crippen LogP contribution is -2.19. The quantitative estimate of drug-likeness (QED) is 0.174. The fourth-order valence-electron chi connectivity index (χ4n) is 2.61. The summed E-state index contributed by atoms with van der Waals surface area (Å²) in [5.41, 5.74) is 3.45. The first-order valence-corrected chi connectivity index (χ1v) is 11.5. The van der Waals surface area contributed by atoms with Crippen LogP contribution in [0.4, 0.5) is 0 Å². The van der Waals surface area contributed by atoms with Crippen molar-refractivity contribution in [1.29, 1.82) is 0 Å². The van der Waals surface area contributed by atoms with Crippen molar-refractivity contribution in [2.24, 2.45) is 5.10 Å². The van der Waals surface area contributed by atoms with Crippen molar-refractivity contribution >= 4 is 35.5 Å². The van der Waals surface area contributed by atoms with Gasteiger partial charge in [-0.1, -0.05) is 50.6 Å². The van der Waals surface area contributed by atoms with Crippen LogP contribution in [-0.2, 0) is 4.79 Å². The maximum Gasteiger partial charge on any atom is 0.250 e. The van der Waals surface area contributed by atoms with Gasteiger partial charge < -0.3 is 4.74 Å². The van der Waals surface area contributed by atoms with Crippen molar-refractivity contribution in [1.82, 2.24) is 5.43 Å². The molecule has 4 nitrogen and oxygen atoms in total. The Labute approximate surface area is 183 Å². The Kier molecular flexibility index (Phi) is 11.3. The first kappa shape index (κ1) is 23.3. The molecule has 0 atom stereocenters. The number of amides is 1. The zero-order valence-electron chi connectivity index (χ0n) is 16.9. The van der Waals surface area contributed by atoms with Crippen LogP contribution in [0.25, 0.3) is 0 Å². The molecule has 156 valence electrons. The molecule has 0 fully saturated rings. The van der Waals surface area contributed by atoms with E-state index in [1.165, 1.54) is 43.9 Å². The number of hydrogen-bond donors (Lipinski definition) is 1. The van der Waals surface area contributed by atoms with Crippen LogP contribution in [0, 0.1) is 0 Å². The average Bonchev–Trinajstić information content (AvgIpc) is 2.74. The highest BCUT2D eigenvalue weighted by molar-refractivity contribution is 8.00. The predicted molar refractivity (Wildman–Crippen MR) is 123 cm³/mol. The van der Waals surface area contributed by atoms with Gasteiger partial charge in [-0.3, -0.25) is 4.79 Å². The summed E-state index contributed by atoms with van der Waals surface area (Å²) in [6.07, 6.45) is 9.15. The molecule has 0 saturated heterocycles. The van der Waals surface area contributed by atoms with E-state index in [4.69, 9.17) is 16.3 Å². The highest BCUT2D eigenvalue weighted by atomic mass is 35.5. The molecule has 0 saturated carbocycles. The number of benzene rings is 2. The Hall–Kier alpha value is -1.98. The maximum atomic E-state index is 11.9. The normalized spacial score (nSPS) is 11.0. The van der Waals surface area contributed by atoms with Crippen LogP contribution < -0.4 is 10.2 Å². The van der Waals surface area contributed by atoms with Gasteiger partial charge in [-0.05, 0) is 60.5 Å². The van der Waals surface area contributed by atoms with Gasteiger partial charge in [0.25, 0.3) is 0 Å². The van der Waals surface area contributed by atoms with E-state index in [1.807, 2.05) is 36.4 Å². The lowest BCUT2D eigenvalue weighted by Gasteiger charge is -2.06. The molecular formula is C23H29ClN2O2S. The van der Waals surface area contributed by atoms with Gasteiger partial charge in [0.05, 0.1) is 18.6 Å². The molecule has 0 bridgehead atoms. The summed E-state index contributed by atoms with van der Waals surface area (Å²) >= 11 is 7.29. The average molecular weight is 433 g/mol. The topological polar surface area (TPSA) is 50.7 Å². The molecular weight excluding hydrogens is 404 g/mol. The number of nitrogens with one attached hydrogen (secondary N) is 1. The van der Waals surface area contributed by atoms with E-state index >= 15 is 0 Å². The standard InChI is InChI=1S/C23H29ClN2O2S/c1-2-3-4-5-6-7-16-28-21-12-8-19(9-13-21)17-25-26-23(27)18-29-22-14-10-20(24)11-15-22/h8-15,17H,2-7,16,18H2,1H3,(H,26,27)/b25-17+. The zero-order valence-corrected chi connectivity index (χ0v) is 18.5. The molecule has 1 N–H and O–H groups in total. The third kappa shape index (κ3) is 10.4. The molecule has 29 heavy (non-hydrogen) atoms. The number of rotatable bonds is 13. The van der Waals surface area contributed by atoms with Crippen LogP contribution >= 0.6 is 23.4 Å². The Bertz CT molecular complexity index is 748. The van der Waals surface area contributed by atoms with E-state index in [2.05, 4.69) is 17.5 Å². The highest BCUT2D eigenvalue weighted by Gasteiger charge is 2.01. The molecule has 0 spiro atoms. The van der Waals surface area contributed by atoms with Crippen LogP contribution in [0.5, 0.6) is 5.75 Å². The number of carbonyl (C=O) groups excluding carboxylic acids is 1. The van der Waals surface area contributed by atoms with Crippen LogP contribution in [0.2, 0.25) is 5.02 Å². The van der Waals surface area contributed by atoms with Gasteiger partial charge in [0.15, 0.2) is 0 Å². The molecule has 0 radical (unpaired) electrons. The number of halogens is 1. The fourth-order valence-corrected chi connectivity index (χ4v) is 3.43. The molecule has 1 amide bonds. The molecule has 0 aliphatic carbocycles. The zero-order chi connectivity index (χ0) is 20.7. The minimum Gasteiger partial charge on any atom is -0.494 e. The maximum absolute atomic E-state index is 11.9. The number of hydrazone groups is 1. The summed E-state index contributed by atoms with van der Waals surface area (Å²) in [4.78, 5) is 12.9. The number of carbonyl (C=O) groups is 1. The van der Waals surface area contributed by atoms with Crippen LogP contribution in [-0.4, -0.2) is 24.5 Å². The second-order valence-corrected chi connectivity index (χ2v) is 8.21. The summed E-state index contributed by atoms with van der Waals surface area (Å²) in [5.74, 6) is 1.00. The van der Waals surface area contributed by atoms with E-state index in [0.717, 1.165) is 29.2 Å². The third-order valence-corrected chi connectivity index (χ3v) is 5.50. The smallest absolute Gasteiger partial charge is 0.250 e. The lowest BCUT2D eigenvalue weighted by atomic mass is 10.1. The molecule has 2 rings (SSSR count). The molecule has 0 aromatic heterocycles. The molecule has 0 aliphatic heterocycles. The number of hydrogen-bond acceptors (Lipinski definition) is 4. The third-order valence-electron chi connectivity index (χ3n) is 4.23. The fraction of sp³-hybridized carbons (Fsp3) is 0.391. The number of nitrogens with zero attached hydrogens (tertiary/aromatic N) is 1. The largest absolute Gasteiger partial charge is 0.494 e. The van der Waals surface area contributed by atoms with Crippen molar-refractivity contribution in [3.05, 3.63) is 59.1 Å². The Morgan fingerprint density at radius 1 is 1.03 bits per heavy atom. The molecule has 6 heteroatoms. The SMILES string of the molecule is CCCCCCCCOc1ccc(/C=N/NC(=O)CSc2ccc(Cl)cc2)cc1. The number of ether oxygens (including phenoxy) is 1. The number of unbranched alkanes of at least 4 members (excludes halogenated alkanes) is 5. The van der Waals surface area contributed by atoms with E-state index in [9.17, 15) is 4.79 Å². The van der Waals surface area contributed by atoms with E-state index in [0.29, 0.717) is 10.8 Å². The summed E-state index contributed by atoms with van der Waals surface area (Å²) in [6, 6.07) is 15.1. The van der Waals surface area contributed by atoms with Gasteiger partial charge in [-0.15, -0.1) is 11.8 Å². The number of thioether (sulfide) groups is 1. The second-order valence-electron chi connectivity index (χ2n) is 6.72. The first-order valence-electron chi connectivity index (χ1n) is 10.1. The summed E-state index contributed by atoms with van der Waals surface area (Å²) in [5, 5.41) is 4.69. The van der Waals surface area contributed by atoms with Crippen LogP contribution in [0.15, 0.2) is 58.5 Å². The van der Waals surface area contributed by atoms with Crippen LogP contribution in [0.3, 0.4) is 0 Å². The summed E-state index contributed by atoms with van der Waals surface area (Å²) in [7, 11) is 0. The molecule has 2 aromatic rings. The van der Waals surface area contributed by atoms with Gasteiger partial charge >= 0.3 is 0 Å². The lowest BCUT2D eigenvalue weighted by molar-refractivity contribution is -0.118. The van der Waals surface area contributed by atoms with Crippen molar-refractivity contribution < 1.29 is 9.53 Å². The molecule has 2 aromatic carbocycles. The minimum absolute atomic E-state index is 0.153. The van der Waals surface area contributed by atoms with Gasteiger partial charge in [-0.25, -0.2) is 5.43 Å². The molecule has 0 aliphatic rings. The molecule has 0 heterocycles. The van der Waals surface area contributed by atoms with Gasteiger partial charge in [0.2, 0.25) is 5.91 Å². The first-order chi connectivity index (χ1) is 14.2. The van der Waals surface area contributed by atoms with Crippen molar-refractivity contribution in [2.45, 2.75) is 50.3 Å². The Morgan fingerprint density at radius 2 is 1.72 bits per heavy atom. The summed E-state index contributed by atoms with van der Waals surface area (Å²) in [6.45, 7) is 2.98. The van der Waals surface area contributed by atoms with Gasteiger partial charge in [0, 0.05) is 9.92 Å². The monoisotopic (exact) mass is 432 g/mol. The van der Waals surface area contributed by atoms with Gasteiger partial charge in [-0.2, -0.15) is 5.10 Å². The van der Waals surface area contributed by atoms with Crippen molar-refractivity contribution in [3.8, 4) is 5.75 Å². The van der Waals surface area contributed by atoms with E-state index < -0.39 is 0 Å². The predicted octanol–water partition coefficient (Wildman–Crippen LogP) is 6.32. The van der Waals surface area contributed by atoms with Crippen LogP contribution in [0.1, 0.15) is 51.0 Å². The Morgan fingerprint density at radius 3 is 2.45 bits per heavy atom. The minimum atomic E-state index is -0.153. The Balaban J connectivity index is 1.62. The van der Waals surface area contributed by atoms with E-state index in [1.54, 1.807) is 18.3 Å².